The van der Waals surface area contributed by atoms with Crippen LogP contribution in [0.25, 0.3) is 0 Å². The first-order valence-corrected chi connectivity index (χ1v) is 9.24. The maximum Gasteiger partial charge on any atom is 0.325 e. The van der Waals surface area contributed by atoms with Crippen LogP contribution in [0, 0.1) is 13.8 Å². The Morgan fingerprint density at radius 1 is 1.00 bits per heavy atom. The van der Waals surface area contributed by atoms with Gasteiger partial charge in [-0.25, -0.2) is 0 Å². The van der Waals surface area contributed by atoms with Crippen molar-refractivity contribution in [2.45, 2.75) is 26.8 Å². The summed E-state index contributed by atoms with van der Waals surface area (Å²) in [6.45, 7) is 5.15. The number of ether oxygens (including phenoxy) is 2. The van der Waals surface area contributed by atoms with E-state index in [-0.39, 0.29) is 12.6 Å². The van der Waals surface area contributed by atoms with E-state index in [0.29, 0.717) is 11.3 Å². The Kier molecular flexibility index (Phi) is 7.77. The summed E-state index contributed by atoms with van der Waals surface area (Å²) < 4.78 is 9.94. The van der Waals surface area contributed by atoms with Crippen LogP contribution in [0.4, 0.5) is 0 Å². The fraction of sp³-hybridized carbons (Fsp3) is 0.318. The number of hydrogen-bond donors (Lipinski definition) is 2. The summed E-state index contributed by atoms with van der Waals surface area (Å²) in [4.78, 5) is 35.8. The van der Waals surface area contributed by atoms with Gasteiger partial charge < -0.3 is 20.1 Å². The molecule has 2 amide bonds. The zero-order valence-electron chi connectivity index (χ0n) is 17.1. The van der Waals surface area contributed by atoms with Gasteiger partial charge in [0.25, 0.3) is 11.8 Å². The van der Waals surface area contributed by atoms with Crippen LogP contribution in [0.15, 0.2) is 42.5 Å². The molecule has 0 aliphatic carbocycles. The van der Waals surface area contributed by atoms with Crippen LogP contribution in [0.1, 0.15) is 40.0 Å². The number of benzene rings is 2. The number of methoxy groups -OCH3 is 1. The predicted molar refractivity (Wildman–Crippen MR) is 109 cm³/mol. The molecule has 2 aromatic rings. The number of esters is 1. The molecule has 2 aromatic carbocycles. The number of rotatable bonds is 8. The SMILES string of the molecule is COc1ccc(C(=O)NCC(=O)OCC(=O)N[C@@H](C)c2ccc(C)c(C)c2)cc1. The third-order valence-electron chi connectivity index (χ3n) is 4.52. The molecule has 0 heterocycles. The Balaban J connectivity index is 1.74. The lowest BCUT2D eigenvalue weighted by atomic mass is 10.0. The Hall–Kier alpha value is -3.35. The second-order valence-corrected chi connectivity index (χ2v) is 6.70. The van der Waals surface area contributed by atoms with E-state index in [9.17, 15) is 14.4 Å². The van der Waals surface area contributed by atoms with E-state index >= 15 is 0 Å². The zero-order valence-corrected chi connectivity index (χ0v) is 17.1. The first kappa shape index (κ1) is 21.9. The highest BCUT2D eigenvalue weighted by Crippen LogP contribution is 2.16. The van der Waals surface area contributed by atoms with Gasteiger partial charge in [0.1, 0.15) is 12.3 Å². The van der Waals surface area contributed by atoms with Crippen molar-refractivity contribution in [3.8, 4) is 5.75 Å². The maximum atomic E-state index is 12.0. The summed E-state index contributed by atoms with van der Waals surface area (Å²) in [5, 5.41) is 5.24. The fourth-order valence-electron chi connectivity index (χ4n) is 2.59. The normalized spacial score (nSPS) is 11.3. The topological polar surface area (TPSA) is 93.7 Å². The lowest BCUT2D eigenvalue weighted by Crippen LogP contribution is -2.34. The lowest BCUT2D eigenvalue weighted by Gasteiger charge is -2.16. The molecule has 1 atom stereocenters. The van der Waals surface area contributed by atoms with Crippen LogP contribution in [0.5, 0.6) is 5.75 Å². The van der Waals surface area contributed by atoms with Gasteiger partial charge in [0.15, 0.2) is 6.61 Å². The molecule has 0 aromatic heterocycles. The van der Waals surface area contributed by atoms with Gasteiger partial charge in [-0.15, -0.1) is 0 Å². The van der Waals surface area contributed by atoms with Crippen molar-refractivity contribution in [2.75, 3.05) is 20.3 Å². The second-order valence-electron chi connectivity index (χ2n) is 6.70. The van der Waals surface area contributed by atoms with Crippen LogP contribution in [-0.2, 0) is 14.3 Å². The Labute approximate surface area is 170 Å². The average Bonchev–Trinajstić information content (AvgIpc) is 2.72. The van der Waals surface area contributed by atoms with Crippen molar-refractivity contribution in [3.63, 3.8) is 0 Å². The van der Waals surface area contributed by atoms with E-state index in [1.54, 1.807) is 24.3 Å². The molecule has 0 saturated carbocycles. The quantitative estimate of drug-likeness (QED) is 0.666. The van der Waals surface area contributed by atoms with Gasteiger partial charge in [0.2, 0.25) is 0 Å². The standard InChI is InChI=1S/C22H26N2O5/c1-14-5-6-18(11-15(14)2)16(3)24-20(25)13-29-21(26)12-23-22(27)17-7-9-19(28-4)10-8-17/h5-11,16H,12-13H2,1-4H3,(H,23,27)(H,24,25)/t16-/m0/s1. The summed E-state index contributed by atoms with van der Waals surface area (Å²) in [5.74, 6) is -0.897. The number of aryl methyl sites for hydroxylation is 2. The smallest absolute Gasteiger partial charge is 0.325 e. The van der Waals surface area contributed by atoms with Crippen LogP contribution < -0.4 is 15.4 Å². The molecule has 7 nitrogen and oxygen atoms in total. The molecular weight excluding hydrogens is 372 g/mol. The van der Waals surface area contributed by atoms with Gasteiger partial charge in [-0.2, -0.15) is 0 Å². The third kappa shape index (κ3) is 6.64. The molecule has 0 unspecified atom stereocenters. The van der Waals surface area contributed by atoms with Crippen molar-refractivity contribution in [1.29, 1.82) is 0 Å². The van der Waals surface area contributed by atoms with Crippen LogP contribution in [0.3, 0.4) is 0 Å². The second kappa shape index (κ2) is 10.3. The monoisotopic (exact) mass is 398 g/mol. The minimum absolute atomic E-state index is 0.213. The van der Waals surface area contributed by atoms with Crippen molar-refractivity contribution >= 4 is 17.8 Å². The number of amides is 2. The fourth-order valence-corrected chi connectivity index (χ4v) is 2.59. The molecule has 29 heavy (non-hydrogen) atoms. The van der Waals surface area contributed by atoms with Gasteiger partial charge in [-0.1, -0.05) is 18.2 Å². The molecule has 0 radical (unpaired) electrons. The molecule has 0 aliphatic heterocycles. The maximum absolute atomic E-state index is 12.0. The number of carbonyl (C=O) groups excluding carboxylic acids is 3. The molecule has 0 spiro atoms. The first-order valence-electron chi connectivity index (χ1n) is 9.24. The zero-order chi connectivity index (χ0) is 21.4. The van der Waals surface area contributed by atoms with E-state index in [4.69, 9.17) is 9.47 Å². The highest BCUT2D eigenvalue weighted by Gasteiger charge is 2.14. The number of carbonyl (C=O) groups is 3. The molecule has 0 saturated heterocycles. The summed E-state index contributed by atoms with van der Waals surface area (Å²) in [6.07, 6.45) is 0. The van der Waals surface area contributed by atoms with E-state index in [1.807, 2.05) is 39.0 Å². The molecule has 154 valence electrons. The molecule has 0 aliphatic rings. The van der Waals surface area contributed by atoms with Gasteiger partial charge >= 0.3 is 5.97 Å². The van der Waals surface area contributed by atoms with Crippen LogP contribution >= 0.6 is 0 Å². The first-order chi connectivity index (χ1) is 13.8. The Morgan fingerprint density at radius 3 is 2.31 bits per heavy atom. The minimum atomic E-state index is -0.694. The molecular formula is C22H26N2O5. The van der Waals surface area contributed by atoms with E-state index in [1.165, 1.54) is 12.7 Å². The largest absolute Gasteiger partial charge is 0.497 e. The van der Waals surface area contributed by atoms with Gasteiger partial charge in [0, 0.05) is 5.56 Å². The number of nitrogens with one attached hydrogen (secondary N) is 2. The summed E-state index contributed by atoms with van der Waals surface area (Å²) >= 11 is 0. The minimum Gasteiger partial charge on any atom is -0.497 e. The molecule has 7 heteroatoms. The Morgan fingerprint density at radius 2 is 1.69 bits per heavy atom. The molecule has 2 N–H and O–H groups in total. The molecule has 0 fully saturated rings. The van der Waals surface area contributed by atoms with E-state index < -0.39 is 24.4 Å². The lowest BCUT2D eigenvalue weighted by molar-refractivity contribution is -0.147. The van der Waals surface area contributed by atoms with Crippen molar-refractivity contribution in [2.24, 2.45) is 0 Å². The van der Waals surface area contributed by atoms with Crippen molar-refractivity contribution in [3.05, 3.63) is 64.7 Å². The predicted octanol–water partition coefficient (Wildman–Crippen LogP) is 2.46. The van der Waals surface area contributed by atoms with Crippen molar-refractivity contribution in [1.82, 2.24) is 10.6 Å². The van der Waals surface area contributed by atoms with Gasteiger partial charge in [-0.3, -0.25) is 14.4 Å². The number of hydrogen-bond acceptors (Lipinski definition) is 5. The third-order valence-corrected chi connectivity index (χ3v) is 4.52. The van der Waals surface area contributed by atoms with Crippen LogP contribution in [0.2, 0.25) is 0 Å². The van der Waals surface area contributed by atoms with Crippen LogP contribution in [-0.4, -0.2) is 38.0 Å². The van der Waals surface area contributed by atoms with Crippen molar-refractivity contribution < 1.29 is 23.9 Å². The van der Waals surface area contributed by atoms with E-state index in [0.717, 1.165) is 11.1 Å². The van der Waals surface area contributed by atoms with Gasteiger partial charge in [0.05, 0.1) is 13.2 Å². The highest BCUT2D eigenvalue weighted by atomic mass is 16.5. The summed E-state index contributed by atoms with van der Waals surface area (Å²) in [6, 6.07) is 12.2. The Bertz CT molecular complexity index is 877. The highest BCUT2D eigenvalue weighted by molar-refractivity contribution is 5.96. The summed E-state index contributed by atoms with van der Waals surface area (Å²) in [7, 11) is 1.53. The van der Waals surface area contributed by atoms with Gasteiger partial charge in [-0.05, 0) is 61.7 Å². The summed E-state index contributed by atoms with van der Waals surface area (Å²) in [5.41, 5.74) is 3.68. The average molecular weight is 398 g/mol. The van der Waals surface area contributed by atoms with E-state index in [2.05, 4.69) is 10.6 Å². The molecule has 2 rings (SSSR count). The molecule has 0 bridgehead atoms.